The Labute approximate surface area is 145 Å². The molecule has 4 nitrogen and oxygen atoms in total. The van der Waals surface area contributed by atoms with Gasteiger partial charge >= 0.3 is 0 Å². The molecule has 0 aliphatic carbocycles. The van der Waals surface area contributed by atoms with Gasteiger partial charge in [0.2, 0.25) is 5.89 Å². The standard InChI is InChI=1S/C20H15NO3S/c22-25(23,18-11-10-15-6-4-5-9-17(15)12-18)14-20-21-13-19(24-20)16-7-2-1-3-8-16/h1-13H,14H2. The van der Waals surface area contributed by atoms with Gasteiger partial charge in [0.25, 0.3) is 0 Å². The predicted octanol–water partition coefficient (Wildman–Crippen LogP) is 4.47. The Balaban J connectivity index is 1.64. The Kier molecular flexibility index (Phi) is 3.86. The molecular weight excluding hydrogens is 334 g/mol. The van der Waals surface area contributed by atoms with Gasteiger partial charge in [0.05, 0.1) is 11.1 Å². The third-order valence-electron chi connectivity index (χ3n) is 4.01. The molecule has 0 radical (unpaired) electrons. The Morgan fingerprint density at radius 2 is 1.56 bits per heavy atom. The lowest BCUT2D eigenvalue weighted by molar-refractivity contribution is 0.519. The summed E-state index contributed by atoms with van der Waals surface area (Å²) in [5.41, 5.74) is 0.865. The number of fused-ring (bicyclic) bond motifs is 1. The Hall–Kier alpha value is -2.92. The van der Waals surface area contributed by atoms with Gasteiger partial charge in [-0.15, -0.1) is 0 Å². The number of hydrogen-bond donors (Lipinski definition) is 0. The lowest BCUT2D eigenvalue weighted by Crippen LogP contribution is -2.05. The maximum Gasteiger partial charge on any atom is 0.210 e. The van der Waals surface area contributed by atoms with E-state index in [0.29, 0.717) is 5.76 Å². The lowest BCUT2D eigenvalue weighted by Gasteiger charge is -2.04. The van der Waals surface area contributed by atoms with Crippen molar-refractivity contribution in [2.45, 2.75) is 10.6 Å². The highest BCUT2D eigenvalue weighted by Gasteiger charge is 2.19. The van der Waals surface area contributed by atoms with E-state index >= 15 is 0 Å². The van der Waals surface area contributed by atoms with E-state index in [1.807, 2.05) is 60.7 Å². The van der Waals surface area contributed by atoms with Crippen molar-refractivity contribution in [2.75, 3.05) is 0 Å². The molecule has 0 aliphatic rings. The first-order valence-electron chi connectivity index (χ1n) is 7.83. The van der Waals surface area contributed by atoms with Crippen molar-refractivity contribution >= 4 is 20.6 Å². The van der Waals surface area contributed by atoms with Gasteiger partial charge < -0.3 is 4.42 Å². The van der Waals surface area contributed by atoms with E-state index < -0.39 is 9.84 Å². The highest BCUT2D eigenvalue weighted by molar-refractivity contribution is 7.90. The van der Waals surface area contributed by atoms with Gasteiger partial charge in [-0.1, -0.05) is 60.7 Å². The highest BCUT2D eigenvalue weighted by atomic mass is 32.2. The Bertz CT molecular complexity index is 1130. The van der Waals surface area contributed by atoms with Crippen LogP contribution >= 0.6 is 0 Å². The molecule has 0 saturated carbocycles. The smallest absolute Gasteiger partial charge is 0.210 e. The van der Waals surface area contributed by atoms with E-state index in [4.69, 9.17) is 4.42 Å². The monoisotopic (exact) mass is 349 g/mol. The maximum absolute atomic E-state index is 12.7. The molecule has 0 amide bonds. The van der Waals surface area contributed by atoms with Crippen molar-refractivity contribution < 1.29 is 12.8 Å². The molecule has 1 heterocycles. The summed E-state index contributed by atoms with van der Waals surface area (Å²) in [5.74, 6) is 0.481. The van der Waals surface area contributed by atoms with Gasteiger partial charge in [0.1, 0.15) is 5.75 Å². The van der Waals surface area contributed by atoms with E-state index in [1.54, 1.807) is 18.3 Å². The maximum atomic E-state index is 12.7. The number of nitrogens with zero attached hydrogens (tertiary/aromatic N) is 1. The largest absolute Gasteiger partial charge is 0.440 e. The molecule has 0 unspecified atom stereocenters. The molecule has 5 heteroatoms. The van der Waals surface area contributed by atoms with Crippen LogP contribution in [0.2, 0.25) is 0 Å². The van der Waals surface area contributed by atoms with Crippen molar-refractivity contribution in [3.05, 3.63) is 84.9 Å². The van der Waals surface area contributed by atoms with Gasteiger partial charge in [0.15, 0.2) is 15.6 Å². The van der Waals surface area contributed by atoms with Crippen molar-refractivity contribution in [3.8, 4) is 11.3 Å². The Morgan fingerprint density at radius 3 is 2.36 bits per heavy atom. The van der Waals surface area contributed by atoms with Gasteiger partial charge in [-0.05, 0) is 22.9 Å². The van der Waals surface area contributed by atoms with Crippen LogP contribution in [0.3, 0.4) is 0 Å². The van der Waals surface area contributed by atoms with Crippen molar-refractivity contribution in [3.63, 3.8) is 0 Å². The normalized spacial score (nSPS) is 11.7. The third kappa shape index (κ3) is 3.19. The fraction of sp³-hybridized carbons (Fsp3) is 0.0500. The minimum atomic E-state index is -3.53. The topological polar surface area (TPSA) is 60.2 Å². The van der Waals surface area contributed by atoms with Crippen LogP contribution in [0, 0.1) is 0 Å². The summed E-state index contributed by atoms with van der Waals surface area (Å²) in [6.07, 6.45) is 1.56. The molecule has 0 bridgehead atoms. The molecule has 25 heavy (non-hydrogen) atoms. The van der Waals surface area contributed by atoms with Crippen LogP contribution in [0.25, 0.3) is 22.1 Å². The summed E-state index contributed by atoms with van der Waals surface area (Å²) in [7, 11) is -3.53. The second-order valence-electron chi connectivity index (χ2n) is 5.75. The molecule has 4 aromatic rings. The average Bonchev–Trinajstić information content (AvgIpc) is 3.10. The fourth-order valence-corrected chi connectivity index (χ4v) is 3.93. The molecule has 0 saturated heterocycles. The van der Waals surface area contributed by atoms with Crippen LogP contribution in [0.1, 0.15) is 5.89 Å². The average molecular weight is 349 g/mol. The zero-order valence-electron chi connectivity index (χ0n) is 13.3. The molecule has 0 aliphatic heterocycles. The van der Waals surface area contributed by atoms with Crippen LogP contribution in [-0.4, -0.2) is 13.4 Å². The van der Waals surface area contributed by atoms with E-state index in [1.165, 1.54) is 0 Å². The van der Waals surface area contributed by atoms with E-state index in [2.05, 4.69) is 4.98 Å². The summed E-state index contributed by atoms with van der Waals surface area (Å²) in [4.78, 5) is 4.39. The van der Waals surface area contributed by atoms with Crippen molar-refractivity contribution in [1.82, 2.24) is 4.98 Å². The summed E-state index contributed by atoms with van der Waals surface area (Å²) >= 11 is 0. The minimum Gasteiger partial charge on any atom is -0.440 e. The number of hydrogen-bond acceptors (Lipinski definition) is 4. The highest BCUT2D eigenvalue weighted by Crippen LogP contribution is 2.24. The first kappa shape index (κ1) is 15.6. The first-order chi connectivity index (χ1) is 12.1. The fourth-order valence-electron chi connectivity index (χ4n) is 2.72. The molecule has 1 aromatic heterocycles. The second-order valence-corrected chi connectivity index (χ2v) is 7.74. The Morgan fingerprint density at radius 1 is 0.840 bits per heavy atom. The summed E-state index contributed by atoms with van der Waals surface area (Å²) in [6.45, 7) is 0. The van der Waals surface area contributed by atoms with Gasteiger partial charge in [-0.2, -0.15) is 0 Å². The minimum absolute atomic E-state index is 0.187. The number of rotatable bonds is 4. The summed E-state index contributed by atoms with van der Waals surface area (Å²) < 4.78 is 31.0. The zero-order valence-corrected chi connectivity index (χ0v) is 14.1. The molecule has 3 aromatic carbocycles. The van der Waals surface area contributed by atoms with E-state index in [-0.39, 0.29) is 16.5 Å². The summed E-state index contributed by atoms with van der Waals surface area (Å²) in [6, 6.07) is 22.3. The zero-order chi connectivity index (χ0) is 17.3. The van der Waals surface area contributed by atoms with Crippen LogP contribution in [0.5, 0.6) is 0 Å². The summed E-state index contributed by atoms with van der Waals surface area (Å²) in [5, 5.41) is 1.89. The predicted molar refractivity (Wildman–Crippen MR) is 96.8 cm³/mol. The van der Waals surface area contributed by atoms with Gasteiger partial charge in [-0.25, -0.2) is 13.4 Å². The molecule has 124 valence electrons. The molecule has 0 fully saturated rings. The van der Waals surface area contributed by atoms with Gasteiger partial charge in [-0.3, -0.25) is 0 Å². The second kappa shape index (κ2) is 6.18. The van der Waals surface area contributed by atoms with E-state index in [9.17, 15) is 8.42 Å². The van der Waals surface area contributed by atoms with Crippen LogP contribution in [-0.2, 0) is 15.6 Å². The quantitative estimate of drug-likeness (QED) is 0.545. The van der Waals surface area contributed by atoms with Crippen LogP contribution in [0.15, 0.2) is 88.3 Å². The SMILES string of the molecule is O=S(=O)(Cc1ncc(-c2ccccc2)o1)c1ccc2ccccc2c1. The number of oxazole rings is 1. The lowest BCUT2D eigenvalue weighted by atomic mass is 10.1. The van der Waals surface area contributed by atoms with Crippen LogP contribution in [0.4, 0.5) is 0 Å². The third-order valence-corrected chi connectivity index (χ3v) is 5.60. The number of sulfone groups is 1. The van der Waals surface area contributed by atoms with Crippen molar-refractivity contribution in [1.29, 1.82) is 0 Å². The molecule has 0 N–H and O–H groups in total. The number of benzene rings is 3. The molecule has 4 rings (SSSR count). The van der Waals surface area contributed by atoms with Crippen molar-refractivity contribution in [2.24, 2.45) is 0 Å². The molecule has 0 spiro atoms. The van der Waals surface area contributed by atoms with E-state index in [0.717, 1.165) is 16.3 Å². The molecular formula is C20H15NO3S. The first-order valence-corrected chi connectivity index (χ1v) is 9.49. The van der Waals surface area contributed by atoms with Crippen LogP contribution < -0.4 is 0 Å². The van der Waals surface area contributed by atoms with Gasteiger partial charge in [0, 0.05) is 5.56 Å². The number of aromatic nitrogens is 1. The molecule has 0 atom stereocenters.